The highest BCUT2D eigenvalue weighted by molar-refractivity contribution is 6.39. The zero-order valence-electron chi connectivity index (χ0n) is 30.7. The molecule has 2 heterocycles. The molecule has 1 saturated carbocycles. The second kappa shape index (κ2) is 19.1. The average Bonchev–Trinajstić information content (AvgIpc) is 3.90. The molecule has 0 radical (unpaired) electrons. The Balaban J connectivity index is 1.07. The standard InChI is InChI=1S/C42H59F3N2O2Si/c1-4-5-10-15-30(2)16-11-6-7-12-17-31(3)50-41-42(44,45)38-37(49-41)26-25-36(39(38)43)40-46-28-34(29-47-40)33-21-23-35(24-22-33)48-27-14-9-8-13-18-32-19-20-32/h21-26,28-32,41H,4-20,27,50H2,1-3H3. The molecule has 0 N–H and O–H groups in total. The Hall–Kier alpha value is -2.87. The first-order valence-electron chi connectivity index (χ1n) is 19.7. The number of nitrogens with zero attached hydrogens (tertiary/aromatic N) is 2. The summed E-state index contributed by atoms with van der Waals surface area (Å²) < 4.78 is 58.9. The first kappa shape index (κ1) is 38.4. The molecular formula is C42H59F3N2O2Si. The summed E-state index contributed by atoms with van der Waals surface area (Å²) >= 11 is 0. The van der Waals surface area contributed by atoms with Gasteiger partial charge in [0.25, 0.3) is 0 Å². The number of rotatable bonds is 23. The van der Waals surface area contributed by atoms with Crippen LogP contribution in [0, 0.1) is 17.7 Å². The van der Waals surface area contributed by atoms with Crippen molar-refractivity contribution in [3.63, 3.8) is 0 Å². The largest absolute Gasteiger partial charge is 0.494 e. The molecule has 5 rings (SSSR count). The van der Waals surface area contributed by atoms with Gasteiger partial charge in [-0.25, -0.2) is 14.4 Å². The predicted octanol–water partition coefficient (Wildman–Crippen LogP) is 12.0. The van der Waals surface area contributed by atoms with Gasteiger partial charge in [0.05, 0.1) is 21.7 Å². The molecule has 3 aromatic rings. The van der Waals surface area contributed by atoms with Crippen molar-refractivity contribution in [1.29, 1.82) is 0 Å². The maximum atomic E-state index is 15.8. The molecule has 1 aliphatic carbocycles. The molecule has 0 saturated heterocycles. The van der Waals surface area contributed by atoms with Crippen molar-refractivity contribution in [2.75, 3.05) is 6.61 Å². The minimum atomic E-state index is -3.37. The van der Waals surface area contributed by atoms with E-state index >= 15 is 13.2 Å². The van der Waals surface area contributed by atoms with Crippen molar-refractivity contribution in [2.24, 2.45) is 11.8 Å². The van der Waals surface area contributed by atoms with Gasteiger partial charge in [-0.3, -0.25) is 0 Å². The molecule has 0 amide bonds. The fraction of sp³-hybridized carbons (Fsp3) is 0.619. The molecular weight excluding hydrogens is 650 g/mol. The summed E-state index contributed by atoms with van der Waals surface area (Å²) in [6.45, 7) is 7.36. The van der Waals surface area contributed by atoms with E-state index in [0.717, 1.165) is 54.4 Å². The number of fused-ring (bicyclic) bond motifs is 1. The van der Waals surface area contributed by atoms with Gasteiger partial charge in [-0.05, 0) is 48.1 Å². The predicted molar refractivity (Wildman–Crippen MR) is 201 cm³/mol. The molecule has 2 aromatic carbocycles. The van der Waals surface area contributed by atoms with Crippen LogP contribution in [0.2, 0.25) is 5.54 Å². The van der Waals surface area contributed by atoms with E-state index < -0.39 is 32.6 Å². The Morgan fingerprint density at radius 1 is 0.820 bits per heavy atom. The Morgan fingerprint density at radius 3 is 2.18 bits per heavy atom. The van der Waals surface area contributed by atoms with E-state index in [1.807, 2.05) is 24.3 Å². The molecule has 3 unspecified atom stereocenters. The topological polar surface area (TPSA) is 44.2 Å². The molecule has 1 fully saturated rings. The van der Waals surface area contributed by atoms with Gasteiger partial charge in [-0.15, -0.1) is 0 Å². The second-order valence-electron chi connectivity index (χ2n) is 15.3. The fourth-order valence-corrected chi connectivity index (χ4v) is 9.31. The van der Waals surface area contributed by atoms with E-state index in [9.17, 15) is 0 Å². The quantitative estimate of drug-likeness (QED) is 0.0727. The van der Waals surface area contributed by atoms with Crippen molar-refractivity contribution in [3.05, 3.63) is 60.2 Å². The first-order chi connectivity index (χ1) is 24.3. The Bertz CT molecular complexity index is 1450. The second-order valence-corrected chi connectivity index (χ2v) is 17.9. The number of benzene rings is 2. The van der Waals surface area contributed by atoms with Crippen molar-refractivity contribution in [3.8, 4) is 34.0 Å². The highest BCUT2D eigenvalue weighted by Crippen LogP contribution is 2.49. The van der Waals surface area contributed by atoms with Crippen LogP contribution in [0.3, 0.4) is 0 Å². The van der Waals surface area contributed by atoms with Gasteiger partial charge in [0.15, 0.2) is 5.82 Å². The lowest BCUT2D eigenvalue weighted by atomic mass is 9.96. The van der Waals surface area contributed by atoms with Crippen LogP contribution < -0.4 is 9.47 Å². The summed E-state index contributed by atoms with van der Waals surface area (Å²) in [4.78, 5) is 8.74. The summed E-state index contributed by atoms with van der Waals surface area (Å²) in [6.07, 6.45) is 24.4. The number of hydrogen-bond acceptors (Lipinski definition) is 4. The molecule has 4 nitrogen and oxygen atoms in total. The van der Waals surface area contributed by atoms with Crippen LogP contribution in [0.15, 0.2) is 48.8 Å². The van der Waals surface area contributed by atoms with Crippen LogP contribution in [0.5, 0.6) is 11.5 Å². The first-order valence-corrected chi connectivity index (χ1v) is 21.3. The number of aromatic nitrogens is 2. The summed E-state index contributed by atoms with van der Waals surface area (Å²) in [5, 5.41) is 0. The highest BCUT2D eigenvalue weighted by Gasteiger charge is 2.53. The highest BCUT2D eigenvalue weighted by atomic mass is 28.2. The third kappa shape index (κ3) is 11.1. The van der Waals surface area contributed by atoms with Crippen molar-refractivity contribution in [1.82, 2.24) is 9.97 Å². The Kier molecular flexibility index (Phi) is 14.7. The van der Waals surface area contributed by atoms with E-state index in [-0.39, 0.29) is 22.7 Å². The summed E-state index contributed by atoms with van der Waals surface area (Å²) in [5.41, 5.74) is -0.0815. The number of hydrogen-bond donors (Lipinski definition) is 0. The van der Waals surface area contributed by atoms with Gasteiger partial charge in [0, 0.05) is 18.0 Å². The minimum absolute atomic E-state index is 0.0371. The number of ether oxygens (including phenoxy) is 2. The van der Waals surface area contributed by atoms with Crippen LogP contribution in [0.4, 0.5) is 13.2 Å². The molecule has 274 valence electrons. The van der Waals surface area contributed by atoms with E-state index in [0.29, 0.717) is 6.61 Å². The van der Waals surface area contributed by atoms with E-state index in [1.54, 1.807) is 12.4 Å². The smallest absolute Gasteiger partial charge is 0.311 e. The van der Waals surface area contributed by atoms with Crippen molar-refractivity contribution < 1.29 is 22.6 Å². The summed E-state index contributed by atoms with van der Waals surface area (Å²) in [7, 11) is -1.34. The molecule has 1 aromatic heterocycles. The van der Waals surface area contributed by atoms with Gasteiger partial charge in [0.1, 0.15) is 28.6 Å². The SMILES string of the molecule is CCCCCC(C)CCCCCCC(C)[SiH2]C1Oc2ccc(-c3ncc(-c4ccc(OCCCCCCC5CC5)cc4)cn3)c(F)c2C1(F)F. The molecule has 1 aliphatic heterocycles. The lowest BCUT2D eigenvalue weighted by Crippen LogP contribution is -2.37. The average molecular weight is 709 g/mol. The zero-order valence-corrected chi connectivity index (χ0v) is 32.1. The maximum Gasteiger partial charge on any atom is 0.311 e. The normalized spacial score (nSPS) is 17.9. The number of halogens is 3. The van der Waals surface area contributed by atoms with Crippen LogP contribution >= 0.6 is 0 Å². The van der Waals surface area contributed by atoms with Gasteiger partial charge >= 0.3 is 5.92 Å². The number of alkyl halides is 2. The number of unbranched alkanes of at least 4 members (excludes halogenated alkanes) is 8. The molecule has 8 heteroatoms. The van der Waals surface area contributed by atoms with Gasteiger partial charge in [-0.2, -0.15) is 8.78 Å². The van der Waals surface area contributed by atoms with Crippen LogP contribution in [0.25, 0.3) is 22.5 Å². The molecule has 3 atom stereocenters. The monoisotopic (exact) mass is 708 g/mol. The van der Waals surface area contributed by atoms with Crippen LogP contribution in [-0.2, 0) is 5.92 Å². The van der Waals surface area contributed by atoms with E-state index in [1.165, 1.54) is 95.6 Å². The lowest BCUT2D eigenvalue weighted by molar-refractivity contribution is -0.0451. The molecule has 0 bridgehead atoms. The third-order valence-corrected chi connectivity index (χ3v) is 13.0. The van der Waals surface area contributed by atoms with Crippen LogP contribution in [-0.4, -0.2) is 31.8 Å². The minimum Gasteiger partial charge on any atom is -0.494 e. The maximum absolute atomic E-state index is 15.8. The third-order valence-electron chi connectivity index (χ3n) is 10.7. The van der Waals surface area contributed by atoms with Gasteiger partial charge in [0.2, 0.25) is 0 Å². The molecule has 2 aliphatic rings. The fourth-order valence-electron chi connectivity index (χ4n) is 7.28. The van der Waals surface area contributed by atoms with Gasteiger partial charge in [-0.1, -0.05) is 141 Å². The van der Waals surface area contributed by atoms with Crippen molar-refractivity contribution in [2.45, 2.75) is 147 Å². The summed E-state index contributed by atoms with van der Waals surface area (Å²) in [6, 6.07) is 10.6. The van der Waals surface area contributed by atoms with Crippen molar-refractivity contribution >= 4 is 9.52 Å². The Morgan fingerprint density at radius 2 is 1.48 bits per heavy atom. The van der Waals surface area contributed by atoms with Gasteiger partial charge < -0.3 is 9.47 Å². The lowest BCUT2D eigenvalue weighted by Gasteiger charge is -2.21. The van der Waals surface area contributed by atoms with Crippen LogP contribution in [0.1, 0.15) is 135 Å². The molecule has 50 heavy (non-hydrogen) atoms. The van der Waals surface area contributed by atoms with E-state index in [2.05, 4.69) is 30.7 Å². The molecule has 0 spiro atoms. The van der Waals surface area contributed by atoms with E-state index in [4.69, 9.17) is 9.47 Å². The summed E-state index contributed by atoms with van der Waals surface area (Å²) in [5.74, 6) is -1.72. The Labute approximate surface area is 301 Å². The zero-order chi connectivity index (χ0) is 35.3.